The van der Waals surface area contributed by atoms with Crippen LogP contribution in [0.15, 0.2) is 0 Å². The van der Waals surface area contributed by atoms with Gasteiger partial charge in [0, 0.05) is 12.6 Å². The molecular formula is C12H23NO3S. The highest BCUT2D eigenvalue weighted by atomic mass is 32.2. The van der Waals surface area contributed by atoms with Gasteiger partial charge in [-0.05, 0) is 39.5 Å². The van der Waals surface area contributed by atoms with E-state index >= 15 is 0 Å². The Labute approximate surface area is 104 Å². The van der Waals surface area contributed by atoms with E-state index in [2.05, 4.69) is 19.2 Å². The van der Waals surface area contributed by atoms with Gasteiger partial charge in [-0.3, -0.25) is 0 Å². The first-order valence-electron chi connectivity index (χ1n) is 6.58. The van der Waals surface area contributed by atoms with Crippen molar-refractivity contribution in [2.45, 2.75) is 63.0 Å². The van der Waals surface area contributed by atoms with E-state index in [0.29, 0.717) is 18.3 Å². The van der Waals surface area contributed by atoms with E-state index in [1.54, 1.807) is 0 Å². The van der Waals surface area contributed by atoms with Crippen molar-refractivity contribution in [3.8, 4) is 0 Å². The Balaban J connectivity index is 1.82. The molecule has 2 rings (SSSR count). The molecule has 4 nitrogen and oxygen atoms in total. The Hall–Kier alpha value is -0.130. The summed E-state index contributed by atoms with van der Waals surface area (Å²) in [5, 5.41) is 3.26. The second-order valence-electron chi connectivity index (χ2n) is 5.47. The summed E-state index contributed by atoms with van der Waals surface area (Å²) in [4.78, 5) is 0. The van der Waals surface area contributed by atoms with Crippen molar-refractivity contribution in [3.05, 3.63) is 0 Å². The third kappa shape index (κ3) is 3.42. The topological polar surface area (TPSA) is 55.4 Å². The van der Waals surface area contributed by atoms with Crippen LogP contribution in [0.5, 0.6) is 0 Å². The van der Waals surface area contributed by atoms with Crippen molar-refractivity contribution in [2.24, 2.45) is 0 Å². The largest absolute Gasteiger partial charge is 0.375 e. The lowest BCUT2D eigenvalue weighted by molar-refractivity contribution is -0.0419. The lowest BCUT2D eigenvalue weighted by Crippen LogP contribution is -2.44. The van der Waals surface area contributed by atoms with Gasteiger partial charge in [-0.1, -0.05) is 0 Å². The van der Waals surface area contributed by atoms with Crippen LogP contribution in [0, 0.1) is 0 Å². The molecular weight excluding hydrogens is 238 g/mol. The fourth-order valence-corrected chi connectivity index (χ4v) is 4.74. The molecule has 2 heterocycles. The second-order valence-corrected chi connectivity index (χ2v) is 7.87. The Kier molecular flexibility index (Phi) is 4.10. The van der Waals surface area contributed by atoms with Crippen molar-refractivity contribution < 1.29 is 13.2 Å². The first-order chi connectivity index (χ1) is 7.97. The number of ether oxygens (including phenoxy) is 1. The SMILES string of the molecule is CC1CC(NCC2CCCS2(=O)=O)CC(C)O1. The fraction of sp³-hybridized carbons (Fsp3) is 1.00. The minimum Gasteiger partial charge on any atom is -0.375 e. The molecule has 5 heteroatoms. The molecule has 0 radical (unpaired) electrons. The van der Waals surface area contributed by atoms with Crippen molar-refractivity contribution in [3.63, 3.8) is 0 Å². The van der Waals surface area contributed by atoms with Crippen LogP contribution in [0.3, 0.4) is 0 Å². The summed E-state index contributed by atoms with van der Waals surface area (Å²) >= 11 is 0. The third-order valence-electron chi connectivity index (χ3n) is 3.79. The van der Waals surface area contributed by atoms with Gasteiger partial charge in [-0.15, -0.1) is 0 Å². The molecule has 17 heavy (non-hydrogen) atoms. The summed E-state index contributed by atoms with van der Waals surface area (Å²) in [6, 6.07) is 0.407. The van der Waals surface area contributed by atoms with Crippen LogP contribution in [0.2, 0.25) is 0 Å². The number of hydrogen-bond donors (Lipinski definition) is 1. The van der Waals surface area contributed by atoms with Gasteiger partial charge in [0.1, 0.15) is 0 Å². The maximum Gasteiger partial charge on any atom is 0.154 e. The van der Waals surface area contributed by atoms with E-state index in [-0.39, 0.29) is 17.5 Å². The molecule has 1 N–H and O–H groups in total. The van der Waals surface area contributed by atoms with Gasteiger partial charge < -0.3 is 10.1 Å². The zero-order valence-corrected chi connectivity index (χ0v) is 11.5. The molecule has 2 aliphatic rings. The molecule has 0 spiro atoms. The van der Waals surface area contributed by atoms with Crippen LogP contribution in [0.25, 0.3) is 0 Å². The van der Waals surface area contributed by atoms with Gasteiger partial charge in [-0.2, -0.15) is 0 Å². The molecule has 100 valence electrons. The molecule has 2 aliphatic heterocycles. The maximum atomic E-state index is 11.7. The average Bonchev–Trinajstić information content (AvgIpc) is 2.53. The van der Waals surface area contributed by atoms with Crippen molar-refractivity contribution in [1.29, 1.82) is 0 Å². The molecule has 3 unspecified atom stereocenters. The number of nitrogens with one attached hydrogen (secondary N) is 1. The predicted octanol–water partition coefficient (Wildman–Crippen LogP) is 1.11. The molecule has 0 aliphatic carbocycles. The molecule has 2 fully saturated rings. The highest BCUT2D eigenvalue weighted by molar-refractivity contribution is 7.92. The summed E-state index contributed by atoms with van der Waals surface area (Å²) in [5.74, 6) is 0.375. The monoisotopic (exact) mass is 261 g/mol. The molecule has 0 saturated carbocycles. The third-order valence-corrected chi connectivity index (χ3v) is 6.07. The van der Waals surface area contributed by atoms with Crippen LogP contribution in [-0.2, 0) is 14.6 Å². The molecule has 0 aromatic heterocycles. The van der Waals surface area contributed by atoms with Gasteiger partial charge >= 0.3 is 0 Å². The van der Waals surface area contributed by atoms with Crippen LogP contribution in [0.1, 0.15) is 39.5 Å². The minimum atomic E-state index is -2.81. The minimum absolute atomic E-state index is 0.157. The van der Waals surface area contributed by atoms with Crippen molar-refractivity contribution >= 4 is 9.84 Å². The van der Waals surface area contributed by atoms with Gasteiger partial charge in [0.15, 0.2) is 9.84 Å². The highest BCUT2D eigenvalue weighted by Gasteiger charge is 2.32. The quantitative estimate of drug-likeness (QED) is 0.827. The molecule has 0 aromatic carbocycles. The maximum absolute atomic E-state index is 11.7. The first kappa shape index (κ1) is 13.3. The Bertz CT molecular complexity index is 345. The van der Waals surface area contributed by atoms with Gasteiger partial charge in [-0.25, -0.2) is 8.42 Å². The Morgan fingerprint density at radius 1 is 1.24 bits per heavy atom. The average molecular weight is 261 g/mol. The first-order valence-corrected chi connectivity index (χ1v) is 8.29. The summed E-state index contributed by atoms with van der Waals surface area (Å²) in [7, 11) is -2.81. The number of rotatable bonds is 3. The van der Waals surface area contributed by atoms with Gasteiger partial charge in [0.2, 0.25) is 0 Å². The summed E-state index contributed by atoms with van der Waals surface area (Å²) in [5.41, 5.74) is 0. The lowest BCUT2D eigenvalue weighted by atomic mass is 10.00. The standard InChI is InChI=1S/C12H23NO3S/c1-9-6-11(7-10(2)16-9)13-8-12-4-3-5-17(12,14)15/h9-13H,3-8H2,1-2H3. The Morgan fingerprint density at radius 3 is 2.41 bits per heavy atom. The molecule has 0 bridgehead atoms. The zero-order valence-electron chi connectivity index (χ0n) is 10.7. The summed E-state index contributed by atoms with van der Waals surface area (Å²) < 4.78 is 29.1. The normalized spacial score (nSPS) is 41.5. The van der Waals surface area contributed by atoms with Crippen molar-refractivity contribution in [1.82, 2.24) is 5.32 Å². The van der Waals surface area contributed by atoms with Crippen LogP contribution < -0.4 is 5.32 Å². The summed E-state index contributed by atoms with van der Waals surface area (Å²) in [6.07, 6.45) is 4.17. The predicted molar refractivity (Wildman–Crippen MR) is 67.8 cm³/mol. The smallest absolute Gasteiger partial charge is 0.154 e. The van der Waals surface area contributed by atoms with Gasteiger partial charge in [0.05, 0.1) is 23.2 Å². The molecule has 0 aromatic rings. The molecule has 2 saturated heterocycles. The fourth-order valence-electron chi connectivity index (χ4n) is 2.96. The zero-order chi connectivity index (χ0) is 12.5. The lowest BCUT2D eigenvalue weighted by Gasteiger charge is -2.33. The Morgan fingerprint density at radius 2 is 1.88 bits per heavy atom. The van der Waals surface area contributed by atoms with E-state index in [0.717, 1.165) is 25.7 Å². The molecule has 0 amide bonds. The van der Waals surface area contributed by atoms with Crippen LogP contribution in [-0.4, -0.2) is 44.2 Å². The molecule has 3 atom stereocenters. The number of sulfone groups is 1. The highest BCUT2D eigenvalue weighted by Crippen LogP contribution is 2.22. The van der Waals surface area contributed by atoms with Gasteiger partial charge in [0.25, 0.3) is 0 Å². The van der Waals surface area contributed by atoms with Crippen LogP contribution >= 0.6 is 0 Å². The van der Waals surface area contributed by atoms with E-state index in [9.17, 15) is 8.42 Å². The van der Waals surface area contributed by atoms with E-state index in [4.69, 9.17) is 4.74 Å². The van der Waals surface area contributed by atoms with E-state index < -0.39 is 9.84 Å². The van der Waals surface area contributed by atoms with Crippen LogP contribution in [0.4, 0.5) is 0 Å². The van der Waals surface area contributed by atoms with E-state index in [1.807, 2.05) is 0 Å². The second kappa shape index (κ2) is 5.24. The number of hydrogen-bond acceptors (Lipinski definition) is 4. The van der Waals surface area contributed by atoms with Crippen molar-refractivity contribution in [2.75, 3.05) is 12.3 Å². The van der Waals surface area contributed by atoms with E-state index in [1.165, 1.54) is 0 Å². The summed E-state index contributed by atoms with van der Waals surface area (Å²) in [6.45, 7) is 4.78.